The molecule has 0 radical (unpaired) electrons. The van der Waals surface area contributed by atoms with E-state index in [2.05, 4.69) is 21.1 Å². The highest BCUT2D eigenvalue weighted by atomic mass is 16.5. The number of hydrogen-bond acceptors (Lipinski definition) is 6. The zero-order chi connectivity index (χ0) is 22.1. The highest BCUT2D eigenvalue weighted by molar-refractivity contribution is 5.95. The van der Waals surface area contributed by atoms with E-state index in [4.69, 9.17) is 4.52 Å². The lowest BCUT2D eigenvalue weighted by molar-refractivity contribution is -0.120. The van der Waals surface area contributed by atoms with Gasteiger partial charge in [0, 0.05) is 30.3 Å². The molecular weight excluding hydrogens is 400 g/mol. The second-order valence-corrected chi connectivity index (χ2v) is 6.63. The monoisotopic (exact) mass is 422 g/mol. The second kappa shape index (κ2) is 10.6. The Morgan fingerprint density at radius 3 is 2.42 bits per heavy atom. The molecule has 3 amide bonds. The van der Waals surface area contributed by atoms with Crippen LogP contribution in [0.1, 0.15) is 27.3 Å². The number of nitrogens with zero attached hydrogens (tertiary/aromatic N) is 1. The van der Waals surface area contributed by atoms with Gasteiger partial charge in [-0.05, 0) is 24.6 Å². The summed E-state index contributed by atoms with van der Waals surface area (Å²) in [6.45, 7) is 0.474. The average Bonchev–Trinajstić information content (AvgIpc) is 3.28. The lowest BCUT2D eigenvalue weighted by Gasteiger charge is -2.07. The summed E-state index contributed by atoms with van der Waals surface area (Å²) in [5, 5.41) is 20.9. The summed E-state index contributed by atoms with van der Waals surface area (Å²) >= 11 is 0. The fraction of sp³-hybridized carbons (Fsp3) is 0.182. The summed E-state index contributed by atoms with van der Waals surface area (Å²) in [6, 6.07) is 16.8. The summed E-state index contributed by atoms with van der Waals surface area (Å²) in [5.74, 6) is -0.706. The van der Waals surface area contributed by atoms with E-state index in [1.54, 1.807) is 12.1 Å². The third-order valence-corrected chi connectivity index (χ3v) is 4.28. The molecule has 0 unspecified atom stereocenters. The van der Waals surface area contributed by atoms with Crippen LogP contribution in [-0.4, -0.2) is 47.6 Å². The molecule has 9 heteroatoms. The fourth-order valence-corrected chi connectivity index (χ4v) is 2.70. The van der Waals surface area contributed by atoms with Crippen LogP contribution < -0.4 is 16.0 Å². The smallest absolute Gasteiger partial charge is 0.273 e. The molecule has 0 bridgehead atoms. The third kappa shape index (κ3) is 6.43. The SMILES string of the molecule is O=C(CNC(=O)c1cc(-c2ccccc2)on1)NCCCNC(=O)c1cccc(O)c1. The number of carbonyl (C=O) groups is 3. The number of nitrogens with one attached hydrogen (secondary N) is 3. The molecule has 3 aromatic rings. The molecule has 0 atom stereocenters. The van der Waals surface area contributed by atoms with Gasteiger partial charge in [0.2, 0.25) is 5.91 Å². The van der Waals surface area contributed by atoms with Crippen molar-refractivity contribution < 1.29 is 24.0 Å². The molecule has 4 N–H and O–H groups in total. The van der Waals surface area contributed by atoms with Crippen LogP contribution >= 0.6 is 0 Å². The minimum Gasteiger partial charge on any atom is -0.508 e. The van der Waals surface area contributed by atoms with Gasteiger partial charge in [-0.15, -0.1) is 0 Å². The Morgan fingerprint density at radius 2 is 1.65 bits per heavy atom. The summed E-state index contributed by atoms with van der Waals surface area (Å²) < 4.78 is 5.17. The molecule has 0 fully saturated rings. The first-order valence-electron chi connectivity index (χ1n) is 9.67. The molecule has 160 valence electrons. The van der Waals surface area contributed by atoms with E-state index in [0.717, 1.165) is 5.56 Å². The second-order valence-electron chi connectivity index (χ2n) is 6.63. The zero-order valence-corrected chi connectivity index (χ0v) is 16.6. The van der Waals surface area contributed by atoms with E-state index < -0.39 is 5.91 Å². The van der Waals surface area contributed by atoms with Crippen LogP contribution in [0.2, 0.25) is 0 Å². The fourth-order valence-electron chi connectivity index (χ4n) is 2.70. The van der Waals surface area contributed by atoms with Crippen LogP contribution in [0.15, 0.2) is 65.2 Å². The maximum absolute atomic E-state index is 12.1. The Labute approximate surface area is 178 Å². The Kier molecular flexibility index (Phi) is 7.36. The first-order chi connectivity index (χ1) is 15.0. The van der Waals surface area contributed by atoms with E-state index in [1.807, 2.05) is 30.3 Å². The number of carbonyl (C=O) groups excluding carboxylic acids is 3. The Balaban J connectivity index is 1.33. The van der Waals surface area contributed by atoms with Crippen molar-refractivity contribution in [1.29, 1.82) is 0 Å². The van der Waals surface area contributed by atoms with Crippen molar-refractivity contribution in [2.24, 2.45) is 0 Å². The number of amides is 3. The summed E-state index contributed by atoms with van der Waals surface area (Å²) in [7, 11) is 0. The molecule has 0 saturated carbocycles. The van der Waals surface area contributed by atoms with Gasteiger partial charge in [0.25, 0.3) is 11.8 Å². The van der Waals surface area contributed by atoms with Crippen LogP contribution in [0.5, 0.6) is 5.75 Å². The summed E-state index contributed by atoms with van der Waals surface area (Å²) in [6.07, 6.45) is 0.508. The largest absolute Gasteiger partial charge is 0.508 e. The predicted molar refractivity (Wildman–Crippen MR) is 112 cm³/mol. The van der Waals surface area contributed by atoms with E-state index in [0.29, 0.717) is 30.8 Å². The van der Waals surface area contributed by atoms with Crippen molar-refractivity contribution in [1.82, 2.24) is 21.1 Å². The third-order valence-electron chi connectivity index (χ3n) is 4.28. The Bertz CT molecular complexity index is 1050. The molecule has 0 aliphatic rings. The number of hydrogen-bond donors (Lipinski definition) is 4. The van der Waals surface area contributed by atoms with Crippen LogP contribution in [0.25, 0.3) is 11.3 Å². The average molecular weight is 422 g/mol. The van der Waals surface area contributed by atoms with Gasteiger partial charge in [0.05, 0.1) is 6.54 Å². The maximum atomic E-state index is 12.1. The van der Waals surface area contributed by atoms with Gasteiger partial charge in [-0.3, -0.25) is 14.4 Å². The Hall–Kier alpha value is -4.14. The molecule has 0 spiro atoms. The van der Waals surface area contributed by atoms with Crippen LogP contribution in [0.3, 0.4) is 0 Å². The lowest BCUT2D eigenvalue weighted by Crippen LogP contribution is -2.38. The molecule has 0 saturated heterocycles. The van der Waals surface area contributed by atoms with Crippen molar-refractivity contribution in [2.75, 3.05) is 19.6 Å². The van der Waals surface area contributed by atoms with Crippen LogP contribution in [0.4, 0.5) is 0 Å². The zero-order valence-electron chi connectivity index (χ0n) is 16.6. The highest BCUT2D eigenvalue weighted by Gasteiger charge is 2.14. The number of aromatic hydroxyl groups is 1. The molecule has 1 heterocycles. The summed E-state index contributed by atoms with van der Waals surface area (Å²) in [4.78, 5) is 35.9. The normalized spacial score (nSPS) is 10.3. The molecule has 9 nitrogen and oxygen atoms in total. The molecule has 31 heavy (non-hydrogen) atoms. The van der Waals surface area contributed by atoms with E-state index in [1.165, 1.54) is 18.2 Å². The number of phenols is 1. The number of phenolic OH excluding ortho intramolecular Hbond substituents is 1. The van der Waals surface area contributed by atoms with Crippen molar-refractivity contribution >= 4 is 17.7 Å². The maximum Gasteiger partial charge on any atom is 0.273 e. The van der Waals surface area contributed by atoms with Gasteiger partial charge in [-0.1, -0.05) is 41.6 Å². The molecular formula is C22H22N4O5. The van der Waals surface area contributed by atoms with E-state index in [9.17, 15) is 19.5 Å². The van der Waals surface area contributed by atoms with Gasteiger partial charge in [-0.25, -0.2) is 0 Å². The van der Waals surface area contributed by atoms with Crippen molar-refractivity contribution in [3.05, 3.63) is 71.9 Å². The number of rotatable bonds is 9. The first kappa shape index (κ1) is 21.6. The van der Waals surface area contributed by atoms with Gasteiger partial charge in [0.15, 0.2) is 11.5 Å². The van der Waals surface area contributed by atoms with Crippen LogP contribution in [-0.2, 0) is 4.79 Å². The van der Waals surface area contributed by atoms with Gasteiger partial charge < -0.3 is 25.6 Å². The predicted octanol–water partition coefficient (Wildman–Crippen LogP) is 1.71. The first-order valence-corrected chi connectivity index (χ1v) is 9.67. The lowest BCUT2D eigenvalue weighted by atomic mass is 10.1. The van der Waals surface area contributed by atoms with Gasteiger partial charge >= 0.3 is 0 Å². The van der Waals surface area contributed by atoms with Crippen LogP contribution in [0, 0.1) is 0 Å². The van der Waals surface area contributed by atoms with Crippen molar-refractivity contribution in [3.63, 3.8) is 0 Å². The van der Waals surface area contributed by atoms with Crippen molar-refractivity contribution in [2.45, 2.75) is 6.42 Å². The van der Waals surface area contributed by atoms with E-state index >= 15 is 0 Å². The standard InChI is InChI=1S/C22H22N4O5/c27-17-9-4-8-16(12-17)21(29)24-11-5-10-23-20(28)14-25-22(30)18-13-19(31-26-18)15-6-2-1-3-7-15/h1-4,6-9,12-13,27H,5,10-11,14H2,(H,23,28)(H,24,29)(H,25,30). The van der Waals surface area contributed by atoms with Gasteiger partial charge in [-0.2, -0.15) is 0 Å². The van der Waals surface area contributed by atoms with E-state index in [-0.39, 0.29) is 29.8 Å². The molecule has 0 aliphatic heterocycles. The van der Waals surface area contributed by atoms with Gasteiger partial charge in [0.1, 0.15) is 5.75 Å². The Morgan fingerprint density at radius 1 is 0.871 bits per heavy atom. The molecule has 2 aromatic carbocycles. The molecule has 1 aromatic heterocycles. The summed E-state index contributed by atoms with van der Waals surface area (Å²) in [5.41, 5.74) is 1.24. The molecule has 0 aliphatic carbocycles. The minimum atomic E-state index is -0.514. The minimum absolute atomic E-state index is 0.0175. The topological polar surface area (TPSA) is 134 Å². The molecule has 3 rings (SSSR count). The quantitative estimate of drug-likeness (QED) is 0.388. The highest BCUT2D eigenvalue weighted by Crippen LogP contribution is 2.19. The van der Waals surface area contributed by atoms with Crippen molar-refractivity contribution in [3.8, 4) is 17.1 Å². The number of benzene rings is 2. The number of aromatic nitrogens is 1.